The molecule has 5 heteroatoms. The lowest BCUT2D eigenvalue weighted by molar-refractivity contribution is -0.132. The Labute approximate surface area is 130 Å². The smallest absolute Gasteiger partial charge is 0.224 e. The van der Waals surface area contributed by atoms with Crippen molar-refractivity contribution in [3.8, 4) is 5.75 Å². The van der Waals surface area contributed by atoms with Crippen LogP contribution in [-0.4, -0.2) is 41.0 Å². The molecule has 0 spiro atoms. The number of nitrogens with zero attached hydrogens (tertiary/aromatic N) is 1. The fraction of sp³-hybridized carbons (Fsp3) is 0.529. The number of aromatic hydroxyl groups is 1. The third-order valence-electron chi connectivity index (χ3n) is 4.72. The molecule has 0 saturated carbocycles. The molecule has 1 aromatic rings. The van der Waals surface area contributed by atoms with E-state index in [0.717, 1.165) is 32.4 Å². The molecule has 118 valence electrons. The first-order valence-electron chi connectivity index (χ1n) is 7.98. The number of likely N-dealkylation sites (tertiary alicyclic amines) is 1. The largest absolute Gasteiger partial charge is 0.508 e. The quantitative estimate of drug-likeness (QED) is 0.894. The number of piperidine rings is 1. The van der Waals surface area contributed by atoms with E-state index < -0.39 is 0 Å². The van der Waals surface area contributed by atoms with Gasteiger partial charge in [0.05, 0.1) is 0 Å². The maximum absolute atomic E-state index is 12.3. The summed E-state index contributed by atoms with van der Waals surface area (Å²) in [4.78, 5) is 25.4. The Balaban J connectivity index is 1.49. The van der Waals surface area contributed by atoms with Gasteiger partial charge in [-0.1, -0.05) is 12.1 Å². The summed E-state index contributed by atoms with van der Waals surface area (Å²) < 4.78 is 0. The van der Waals surface area contributed by atoms with Crippen molar-refractivity contribution in [2.45, 2.75) is 44.1 Å². The van der Waals surface area contributed by atoms with E-state index in [4.69, 9.17) is 0 Å². The lowest BCUT2D eigenvalue weighted by Gasteiger charge is -2.33. The average molecular weight is 302 g/mol. The molecule has 1 aromatic carbocycles. The molecule has 1 atom stereocenters. The second kappa shape index (κ2) is 6.38. The number of phenolic OH excluding ortho intramolecular Hbond substituents is 1. The Bertz CT molecular complexity index is 548. The van der Waals surface area contributed by atoms with Crippen LogP contribution in [0.5, 0.6) is 5.75 Å². The summed E-state index contributed by atoms with van der Waals surface area (Å²) in [5.74, 6) is 0.950. The van der Waals surface area contributed by atoms with Crippen LogP contribution < -0.4 is 5.32 Å². The van der Waals surface area contributed by atoms with Crippen molar-refractivity contribution in [1.82, 2.24) is 10.2 Å². The van der Waals surface area contributed by atoms with E-state index in [-0.39, 0.29) is 23.6 Å². The van der Waals surface area contributed by atoms with Crippen LogP contribution in [0, 0.1) is 0 Å². The summed E-state index contributed by atoms with van der Waals surface area (Å²) in [5, 5.41) is 12.2. The first-order valence-corrected chi connectivity index (χ1v) is 7.98. The number of carbonyl (C=O) groups excluding carboxylic acids is 2. The summed E-state index contributed by atoms with van der Waals surface area (Å²) in [7, 11) is 0. The van der Waals surface area contributed by atoms with Crippen molar-refractivity contribution in [1.29, 1.82) is 0 Å². The highest BCUT2D eigenvalue weighted by atomic mass is 16.3. The fourth-order valence-corrected chi connectivity index (χ4v) is 3.38. The SMILES string of the molecule is O=C1CCC(CC(=O)N2CCC(c3ccc(O)cc3)CC2)N1. The van der Waals surface area contributed by atoms with Gasteiger partial charge in [-0.05, 0) is 42.9 Å². The van der Waals surface area contributed by atoms with E-state index in [2.05, 4.69) is 5.32 Å². The number of rotatable bonds is 3. The molecule has 3 rings (SSSR count). The van der Waals surface area contributed by atoms with Gasteiger partial charge >= 0.3 is 0 Å². The Hall–Kier alpha value is -2.04. The maximum atomic E-state index is 12.3. The van der Waals surface area contributed by atoms with Crippen LogP contribution in [0.15, 0.2) is 24.3 Å². The standard InChI is InChI=1S/C17H22N2O3/c20-15-4-1-12(2-5-15)13-7-9-19(10-8-13)17(22)11-14-3-6-16(21)18-14/h1-2,4-5,13-14,20H,3,6-11H2,(H,18,21). The number of amides is 2. The summed E-state index contributed by atoms with van der Waals surface area (Å²) in [5.41, 5.74) is 1.23. The van der Waals surface area contributed by atoms with Crippen molar-refractivity contribution in [3.63, 3.8) is 0 Å². The van der Waals surface area contributed by atoms with E-state index in [1.807, 2.05) is 17.0 Å². The van der Waals surface area contributed by atoms with Gasteiger partial charge in [0, 0.05) is 32.0 Å². The summed E-state index contributed by atoms with van der Waals surface area (Å²) in [6.45, 7) is 1.54. The number of hydrogen-bond acceptors (Lipinski definition) is 3. The molecule has 0 aliphatic carbocycles. The van der Waals surface area contributed by atoms with Crippen LogP contribution in [0.2, 0.25) is 0 Å². The minimum absolute atomic E-state index is 0.0230. The number of carbonyl (C=O) groups is 2. The molecule has 0 aromatic heterocycles. The second-order valence-electron chi connectivity index (χ2n) is 6.25. The van der Waals surface area contributed by atoms with Gasteiger partial charge in [-0.3, -0.25) is 9.59 Å². The van der Waals surface area contributed by atoms with Crippen molar-refractivity contribution in [2.24, 2.45) is 0 Å². The van der Waals surface area contributed by atoms with Crippen LogP contribution in [-0.2, 0) is 9.59 Å². The maximum Gasteiger partial charge on any atom is 0.224 e. The Morgan fingerprint density at radius 2 is 1.86 bits per heavy atom. The lowest BCUT2D eigenvalue weighted by Crippen LogP contribution is -2.41. The van der Waals surface area contributed by atoms with Crippen molar-refractivity contribution in [3.05, 3.63) is 29.8 Å². The van der Waals surface area contributed by atoms with Gasteiger partial charge in [0.2, 0.25) is 11.8 Å². The first kappa shape index (κ1) is 14.9. The molecule has 2 heterocycles. The predicted molar refractivity (Wildman–Crippen MR) is 82.4 cm³/mol. The molecule has 2 N–H and O–H groups in total. The van der Waals surface area contributed by atoms with Crippen molar-refractivity contribution < 1.29 is 14.7 Å². The normalized spacial score (nSPS) is 22.6. The number of benzene rings is 1. The third-order valence-corrected chi connectivity index (χ3v) is 4.72. The molecule has 2 aliphatic heterocycles. The fourth-order valence-electron chi connectivity index (χ4n) is 3.38. The number of phenols is 1. The van der Waals surface area contributed by atoms with Gasteiger partial charge in [0.1, 0.15) is 5.75 Å². The molecular weight excluding hydrogens is 280 g/mol. The highest BCUT2D eigenvalue weighted by Gasteiger charge is 2.28. The summed E-state index contributed by atoms with van der Waals surface area (Å²) >= 11 is 0. The second-order valence-corrected chi connectivity index (χ2v) is 6.25. The topological polar surface area (TPSA) is 69.6 Å². The van der Waals surface area contributed by atoms with Gasteiger partial charge in [0.25, 0.3) is 0 Å². The Kier molecular flexibility index (Phi) is 4.32. The molecule has 0 bridgehead atoms. The zero-order valence-corrected chi connectivity index (χ0v) is 12.6. The molecule has 1 unspecified atom stereocenters. The zero-order chi connectivity index (χ0) is 15.5. The van der Waals surface area contributed by atoms with E-state index >= 15 is 0 Å². The van der Waals surface area contributed by atoms with Gasteiger partial charge in [-0.15, -0.1) is 0 Å². The van der Waals surface area contributed by atoms with Gasteiger partial charge in [-0.2, -0.15) is 0 Å². The Morgan fingerprint density at radius 3 is 2.45 bits per heavy atom. The van der Waals surface area contributed by atoms with Crippen LogP contribution in [0.1, 0.15) is 43.6 Å². The predicted octanol–water partition coefficient (Wildman–Crippen LogP) is 1.77. The molecular formula is C17H22N2O3. The van der Waals surface area contributed by atoms with E-state index in [0.29, 0.717) is 18.8 Å². The summed E-state index contributed by atoms with van der Waals surface area (Å²) in [6.07, 6.45) is 3.64. The van der Waals surface area contributed by atoms with Crippen LogP contribution in [0.25, 0.3) is 0 Å². The molecule has 2 aliphatic rings. The van der Waals surface area contributed by atoms with E-state index in [1.165, 1.54) is 5.56 Å². The van der Waals surface area contributed by atoms with Gasteiger partial charge in [0.15, 0.2) is 0 Å². The van der Waals surface area contributed by atoms with Crippen LogP contribution in [0.3, 0.4) is 0 Å². The van der Waals surface area contributed by atoms with Crippen molar-refractivity contribution in [2.75, 3.05) is 13.1 Å². The number of nitrogens with one attached hydrogen (secondary N) is 1. The lowest BCUT2D eigenvalue weighted by atomic mass is 9.89. The van der Waals surface area contributed by atoms with Crippen LogP contribution in [0.4, 0.5) is 0 Å². The molecule has 0 radical (unpaired) electrons. The third kappa shape index (κ3) is 3.40. The highest BCUT2D eigenvalue weighted by Crippen LogP contribution is 2.29. The molecule has 2 fully saturated rings. The monoisotopic (exact) mass is 302 g/mol. The average Bonchev–Trinajstić information content (AvgIpc) is 2.93. The Morgan fingerprint density at radius 1 is 1.18 bits per heavy atom. The summed E-state index contributed by atoms with van der Waals surface area (Å²) in [6, 6.07) is 7.39. The van der Waals surface area contributed by atoms with E-state index in [9.17, 15) is 14.7 Å². The minimum atomic E-state index is 0.0230. The van der Waals surface area contributed by atoms with Crippen molar-refractivity contribution >= 4 is 11.8 Å². The minimum Gasteiger partial charge on any atom is -0.508 e. The zero-order valence-electron chi connectivity index (χ0n) is 12.6. The molecule has 2 saturated heterocycles. The number of hydrogen-bond donors (Lipinski definition) is 2. The molecule has 22 heavy (non-hydrogen) atoms. The van der Waals surface area contributed by atoms with Gasteiger partial charge < -0.3 is 15.3 Å². The van der Waals surface area contributed by atoms with E-state index in [1.54, 1.807) is 12.1 Å². The molecule has 5 nitrogen and oxygen atoms in total. The highest BCUT2D eigenvalue weighted by molar-refractivity contribution is 5.82. The molecule has 2 amide bonds. The van der Waals surface area contributed by atoms with Crippen LogP contribution >= 0.6 is 0 Å². The van der Waals surface area contributed by atoms with Gasteiger partial charge in [-0.25, -0.2) is 0 Å². The first-order chi connectivity index (χ1) is 10.6.